The maximum atomic E-state index is 13.2. The number of carbonyl (C=O) groups excluding carboxylic acids is 1. The minimum Gasteiger partial charge on any atom is -0.353 e. The van der Waals surface area contributed by atoms with E-state index in [0.717, 1.165) is 25.7 Å². The van der Waals surface area contributed by atoms with Crippen LogP contribution in [0, 0.1) is 5.92 Å². The van der Waals surface area contributed by atoms with Crippen molar-refractivity contribution in [1.82, 2.24) is 19.8 Å². The Bertz CT molecular complexity index is 1040. The zero-order valence-electron chi connectivity index (χ0n) is 18.2. The van der Waals surface area contributed by atoms with E-state index < -0.39 is 10.0 Å². The maximum absolute atomic E-state index is 13.2. The molecule has 2 aliphatic carbocycles. The number of sulfonamides is 1. The van der Waals surface area contributed by atoms with Crippen molar-refractivity contribution in [2.75, 3.05) is 13.1 Å². The Morgan fingerprint density at radius 1 is 1.06 bits per heavy atom. The summed E-state index contributed by atoms with van der Waals surface area (Å²) in [5, 5.41) is 8.99. The van der Waals surface area contributed by atoms with Gasteiger partial charge in [0.1, 0.15) is 4.21 Å². The summed E-state index contributed by atoms with van der Waals surface area (Å²) in [6.45, 7) is 0.735. The topological polar surface area (TPSA) is 105 Å². The number of hydrogen-bond donors (Lipinski definition) is 1. The molecule has 3 heterocycles. The van der Waals surface area contributed by atoms with E-state index in [-0.39, 0.29) is 22.1 Å². The van der Waals surface area contributed by atoms with E-state index in [1.54, 1.807) is 11.4 Å². The first-order valence-corrected chi connectivity index (χ1v) is 14.1. The summed E-state index contributed by atoms with van der Waals surface area (Å²) in [5.74, 6) is 1.43. The highest BCUT2D eigenvalue weighted by molar-refractivity contribution is 7.91. The highest BCUT2D eigenvalue weighted by atomic mass is 32.2. The minimum atomic E-state index is -3.59. The third-order valence-corrected chi connectivity index (χ3v) is 10.1. The molecular formula is C22H30N4O4S2. The third kappa shape index (κ3) is 4.77. The minimum absolute atomic E-state index is 0.0935. The second-order valence-electron chi connectivity index (χ2n) is 9.26. The molecule has 1 N–H and O–H groups in total. The molecular weight excluding hydrogens is 448 g/mol. The van der Waals surface area contributed by atoms with Gasteiger partial charge < -0.3 is 9.84 Å². The van der Waals surface area contributed by atoms with Crippen molar-refractivity contribution in [2.24, 2.45) is 5.92 Å². The molecule has 10 heteroatoms. The summed E-state index contributed by atoms with van der Waals surface area (Å²) in [7, 11) is -3.59. The molecule has 32 heavy (non-hydrogen) atoms. The molecule has 3 aliphatic rings. The van der Waals surface area contributed by atoms with E-state index >= 15 is 0 Å². The number of thiophene rings is 1. The largest absolute Gasteiger partial charge is 0.353 e. The number of hydrogen-bond acceptors (Lipinski definition) is 7. The van der Waals surface area contributed by atoms with Crippen LogP contribution in [-0.4, -0.2) is 47.9 Å². The first-order valence-electron chi connectivity index (χ1n) is 11.7. The molecule has 0 aromatic carbocycles. The molecule has 0 spiro atoms. The van der Waals surface area contributed by atoms with Gasteiger partial charge in [0.2, 0.25) is 17.6 Å². The SMILES string of the molecule is O=C(NC1CCCCCC1)C1CCN(S(=O)(=O)c2cc(-c3noc(C4CC4)n3)cs2)CC1. The molecule has 0 atom stereocenters. The van der Waals surface area contributed by atoms with Gasteiger partial charge in [0, 0.05) is 41.9 Å². The van der Waals surface area contributed by atoms with Crippen LogP contribution in [0.5, 0.6) is 0 Å². The van der Waals surface area contributed by atoms with Crippen molar-refractivity contribution in [1.29, 1.82) is 0 Å². The van der Waals surface area contributed by atoms with E-state index in [2.05, 4.69) is 15.5 Å². The molecule has 8 nitrogen and oxygen atoms in total. The number of carbonyl (C=O) groups is 1. The van der Waals surface area contributed by atoms with Crippen molar-refractivity contribution in [2.45, 2.75) is 80.4 Å². The van der Waals surface area contributed by atoms with Gasteiger partial charge in [0.15, 0.2) is 0 Å². The van der Waals surface area contributed by atoms with Gasteiger partial charge in [-0.15, -0.1) is 11.3 Å². The van der Waals surface area contributed by atoms with Gasteiger partial charge in [0.25, 0.3) is 10.0 Å². The highest BCUT2D eigenvalue weighted by Gasteiger charge is 2.34. The fourth-order valence-electron chi connectivity index (χ4n) is 4.65. The van der Waals surface area contributed by atoms with Crippen LogP contribution in [0.15, 0.2) is 20.2 Å². The molecule has 0 radical (unpaired) electrons. The zero-order chi connectivity index (χ0) is 22.1. The molecule has 1 aliphatic heterocycles. The monoisotopic (exact) mass is 478 g/mol. The van der Waals surface area contributed by atoms with Gasteiger partial charge in [0.05, 0.1) is 0 Å². The Labute approximate surface area is 192 Å². The summed E-state index contributed by atoms with van der Waals surface area (Å²) < 4.78 is 33.4. The Balaban J connectivity index is 1.18. The normalized spacial score (nSPS) is 22.0. The van der Waals surface area contributed by atoms with E-state index in [0.29, 0.717) is 49.1 Å². The van der Waals surface area contributed by atoms with Crippen molar-refractivity contribution >= 4 is 27.3 Å². The van der Waals surface area contributed by atoms with E-state index in [4.69, 9.17) is 4.52 Å². The van der Waals surface area contributed by atoms with E-state index in [1.165, 1.54) is 41.3 Å². The van der Waals surface area contributed by atoms with Crippen molar-refractivity contribution in [3.05, 3.63) is 17.3 Å². The van der Waals surface area contributed by atoms with E-state index in [1.807, 2.05) is 0 Å². The van der Waals surface area contributed by atoms with Crippen molar-refractivity contribution in [3.8, 4) is 11.4 Å². The standard InChI is InChI=1S/C22H30N4O4S2/c27-21(23-18-5-3-1-2-4-6-18)15-9-11-26(12-10-15)32(28,29)19-13-17(14-31-19)20-24-22(30-25-20)16-7-8-16/h13-16,18H,1-12H2,(H,23,27). The predicted octanol–water partition coefficient (Wildman–Crippen LogP) is 3.92. The average molecular weight is 479 g/mol. The summed E-state index contributed by atoms with van der Waals surface area (Å²) in [4.78, 5) is 17.1. The van der Waals surface area contributed by atoms with Crippen LogP contribution < -0.4 is 5.32 Å². The Morgan fingerprint density at radius 2 is 1.78 bits per heavy atom. The Hall–Kier alpha value is -1.78. The second kappa shape index (κ2) is 9.23. The predicted molar refractivity (Wildman–Crippen MR) is 121 cm³/mol. The van der Waals surface area contributed by atoms with Gasteiger partial charge in [-0.2, -0.15) is 9.29 Å². The quantitative estimate of drug-likeness (QED) is 0.631. The molecule has 5 rings (SSSR count). The van der Waals surface area contributed by atoms with Gasteiger partial charge in [-0.3, -0.25) is 4.79 Å². The lowest BCUT2D eigenvalue weighted by molar-refractivity contribution is -0.126. The Morgan fingerprint density at radius 3 is 2.47 bits per heavy atom. The fraction of sp³-hybridized carbons (Fsp3) is 0.682. The van der Waals surface area contributed by atoms with Gasteiger partial charge in [-0.25, -0.2) is 8.42 Å². The van der Waals surface area contributed by atoms with Gasteiger partial charge >= 0.3 is 0 Å². The van der Waals surface area contributed by atoms with Crippen LogP contribution >= 0.6 is 11.3 Å². The van der Waals surface area contributed by atoms with E-state index in [9.17, 15) is 13.2 Å². The number of aromatic nitrogens is 2. The highest BCUT2D eigenvalue weighted by Crippen LogP contribution is 2.40. The molecule has 174 valence electrons. The molecule has 0 unspecified atom stereocenters. The number of nitrogens with one attached hydrogen (secondary N) is 1. The summed E-state index contributed by atoms with van der Waals surface area (Å²) >= 11 is 1.18. The fourth-order valence-corrected chi connectivity index (χ4v) is 7.43. The van der Waals surface area contributed by atoms with Crippen LogP contribution in [0.4, 0.5) is 0 Å². The van der Waals surface area contributed by atoms with Crippen LogP contribution in [0.2, 0.25) is 0 Å². The van der Waals surface area contributed by atoms with Crippen LogP contribution in [0.3, 0.4) is 0 Å². The maximum Gasteiger partial charge on any atom is 0.252 e. The van der Waals surface area contributed by atoms with Crippen LogP contribution in [0.25, 0.3) is 11.4 Å². The molecule has 0 bridgehead atoms. The second-order valence-corrected chi connectivity index (χ2v) is 12.3. The molecule has 2 saturated carbocycles. The summed E-state index contributed by atoms with van der Waals surface area (Å²) in [6.07, 6.45) is 10.2. The molecule has 1 saturated heterocycles. The lowest BCUT2D eigenvalue weighted by atomic mass is 9.96. The molecule has 2 aromatic rings. The Kier molecular flexibility index (Phi) is 6.35. The average Bonchev–Trinajstić information content (AvgIpc) is 3.40. The lowest BCUT2D eigenvalue weighted by Crippen LogP contribution is -2.45. The smallest absolute Gasteiger partial charge is 0.252 e. The number of amides is 1. The first-order chi connectivity index (χ1) is 15.5. The number of rotatable bonds is 6. The van der Waals surface area contributed by atoms with Crippen LogP contribution in [-0.2, 0) is 14.8 Å². The van der Waals surface area contributed by atoms with Gasteiger partial charge in [-0.05, 0) is 44.6 Å². The summed E-state index contributed by atoms with van der Waals surface area (Å²) in [6, 6.07) is 1.91. The molecule has 2 aromatic heterocycles. The molecule has 1 amide bonds. The number of piperidine rings is 1. The number of nitrogens with zero attached hydrogens (tertiary/aromatic N) is 3. The van der Waals surface area contributed by atoms with Crippen molar-refractivity contribution < 1.29 is 17.7 Å². The lowest BCUT2D eigenvalue weighted by Gasteiger charge is -2.31. The van der Waals surface area contributed by atoms with Crippen LogP contribution in [0.1, 0.15) is 76.0 Å². The van der Waals surface area contributed by atoms with Gasteiger partial charge in [-0.1, -0.05) is 30.8 Å². The zero-order valence-corrected chi connectivity index (χ0v) is 19.8. The molecule has 3 fully saturated rings. The van der Waals surface area contributed by atoms with Crippen molar-refractivity contribution in [3.63, 3.8) is 0 Å². The summed E-state index contributed by atoms with van der Waals surface area (Å²) in [5.41, 5.74) is 0.668. The third-order valence-electron chi connectivity index (χ3n) is 6.82. The first kappa shape index (κ1) is 22.0.